The highest BCUT2D eigenvalue weighted by atomic mass is 35.5. The van der Waals surface area contributed by atoms with Crippen molar-refractivity contribution in [3.8, 4) is 0 Å². The molecule has 3 unspecified atom stereocenters. The Bertz CT molecular complexity index is 874. The molecule has 2 fully saturated rings. The molecule has 1 aromatic heterocycles. The maximum absolute atomic E-state index is 8.94. The van der Waals surface area contributed by atoms with Gasteiger partial charge in [0.2, 0.25) is 0 Å². The molecule has 2 aliphatic rings. The van der Waals surface area contributed by atoms with Crippen LogP contribution in [0.4, 0.5) is 0 Å². The van der Waals surface area contributed by atoms with E-state index in [0.29, 0.717) is 23.5 Å². The summed E-state index contributed by atoms with van der Waals surface area (Å²) in [5.41, 5.74) is 2.65. The Labute approximate surface area is 218 Å². The van der Waals surface area contributed by atoms with E-state index in [0.717, 1.165) is 49.0 Å². The Balaban J connectivity index is 1.30. The Morgan fingerprint density at radius 2 is 1.97 bits per heavy atom. The molecule has 188 valence electrons. The van der Waals surface area contributed by atoms with E-state index in [1.807, 2.05) is 12.1 Å². The summed E-state index contributed by atoms with van der Waals surface area (Å²) in [5, 5.41) is 14.9. The van der Waals surface area contributed by atoms with Crippen molar-refractivity contribution < 1.29 is 9.84 Å². The van der Waals surface area contributed by atoms with Crippen molar-refractivity contribution >= 4 is 34.5 Å². The lowest BCUT2D eigenvalue weighted by Gasteiger charge is -2.35. The minimum Gasteiger partial charge on any atom is -0.396 e. The molecular formula is C27H38Cl2N2O2S. The zero-order valence-electron chi connectivity index (χ0n) is 20.2. The molecule has 2 saturated heterocycles. The van der Waals surface area contributed by atoms with Gasteiger partial charge in [0.25, 0.3) is 0 Å². The van der Waals surface area contributed by atoms with Gasteiger partial charge in [-0.2, -0.15) is 11.3 Å². The fourth-order valence-corrected chi connectivity index (χ4v) is 6.85. The molecule has 4 rings (SSSR count). The summed E-state index contributed by atoms with van der Waals surface area (Å²) < 4.78 is 5.86. The largest absolute Gasteiger partial charge is 0.396 e. The van der Waals surface area contributed by atoms with Crippen molar-refractivity contribution in [2.24, 2.45) is 11.8 Å². The highest BCUT2D eigenvalue weighted by Gasteiger charge is 2.36. The minimum atomic E-state index is 0.211. The normalized spacial score (nSPS) is 23.5. The van der Waals surface area contributed by atoms with Gasteiger partial charge in [-0.25, -0.2) is 0 Å². The number of likely N-dealkylation sites (tertiary alicyclic amines) is 2. The van der Waals surface area contributed by atoms with Gasteiger partial charge in [0, 0.05) is 55.4 Å². The molecule has 34 heavy (non-hydrogen) atoms. The van der Waals surface area contributed by atoms with Gasteiger partial charge >= 0.3 is 0 Å². The van der Waals surface area contributed by atoms with Gasteiger partial charge < -0.3 is 14.7 Å². The first-order valence-electron chi connectivity index (χ1n) is 12.6. The number of hydrogen-bond acceptors (Lipinski definition) is 5. The summed E-state index contributed by atoms with van der Waals surface area (Å²) in [6.45, 7) is 9.66. The highest BCUT2D eigenvalue weighted by Crippen LogP contribution is 2.37. The summed E-state index contributed by atoms with van der Waals surface area (Å²) >= 11 is 14.4. The molecule has 4 nitrogen and oxygen atoms in total. The zero-order valence-corrected chi connectivity index (χ0v) is 22.5. The van der Waals surface area contributed by atoms with Crippen LogP contribution in [0.25, 0.3) is 0 Å². The number of aliphatic hydroxyl groups excluding tert-OH is 1. The van der Waals surface area contributed by atoms with E-state index in [1.165, 1.54) is 38.0 Å². The van der Waals surface area contributed by atoms with Crippen LogP contribution in [-0.2, 0) is 11.3 Å². The Hall–Kier alpha value is -0.660. The summed E-state index contributed by atoms with van der Waals surface area (Å²) in [4.78, 5) is 5.26. The number of piperidine rings is 1. The first-order chi connectivity index (χ1) is 16.5. The molecule has 1 aromatic carbocycles. The molecular weight excluding hydrogens is 487 g/mol. The number of hydrogen-bond donors (Lipinski definition) is 1. The number of benzene rings is 1. The second kappa shape index (κ2) is 13.0. The lowest BCUT2D eigenvalue weighted by molar-refractivity contribution is 0.0305. The van der Waals surface area contributed by atoms with Crippen molar-refractivity contribution in [1.82, 2.24) is 9.80 Å². The molecule has 3 heterocycles. The van der Waals surface area contributed by atoms with E-state index in [4.69, 9.17) is 33.0 Å². The first kappa shape index (κ1) is 26.4. The number of ether oxygens (including phenoxy) is 1. The molecule has 0 bridgehead atoms. The van der Waals surface area contributed by atoms with Crippen LogP contribution in [0.2, 0.25) is 10.0 Å². The van der Waals surface area contributed by atoms with Crippen LogP contribution in [0.15, 0.2) is 35.0 Å². The van der Waals surface area contributed by atoms with Crippen molar-refractivity contribution in [2.45, 2.75) is 51.2 Å². The molecule has 7 heteroatoms. The molecule has 3 atom stereocenters. The average Bonchev–Trinajstić information content (AvgIpc) is 3.47. The zero-order chi connectivity index (χ0) is 23.9. The second-order valence-electron chi connectivity index (χ2n) is 10.1. The number of aliphatic hydroxyl groups is 1. The summed E-state index contributed by atoms with van der Waals surface area (Å²) in [7, 11) is 0. The Kier molecular flexibility index (Phi) is 10.1. The lowest BCUT2D eigenvalue weighted by atomic mass is 9.88. The van der Waals surface area contributed by atoms with Crippen LogP contribution in [-0.4, -0.2) is 66.9 Å². The van der Waals surface area contributed by atoms with Gasteiger partial charge in [0.05, 0.1) is 6.10 Å². The molecule has 2 aliphatic heterocycles. The number of thiophene rings is 1. The maximum Gasteiger partial charge on any atom is 0.0549 e. The maximum atomic E-state index is 8.94. The van der Waals surface area contributed by atoms with E-state index in [1.54, 1.807) is 11.3 Å². The quantitative estimate of drug-likeness (QED) is 0.357. The minimum absolute atomic E-state index is 0.211. The molecule has 1 N–H and O–H groups in total. The topological polar surface area (TPSA) is 35.9 Å². The predicted molar refractivity (Wildman–Crippen MR) is 143 cm³/mol. The van der Waals surface area contributed by atoms with E-state index in [-0.39, 0.29) is 12.7 Å². The van der Waals surface area contributed by atoms with Crippen LogP contribution >= 0.6 is 34.5 Å². The van der Waals surface area contributed by atoms with Crippen molar-refractivity contribution in [2.75, 3.05) is 45.9 Å². The predicted octanol–water partition coefficient (Wildman–Crippen LogP) is 6.16. The fraction of sp³-hybridized carbons (Fsp3) is 0.630. The molecule has 0 amide bonds. The van der Waals surface area contributed by atoms with Gasteiger partial charge in [-0.05, 0) is 97.6 Å². The number of rotatable bonds is 11. The average molecular weight is 526 g/mol. The third-order valence-electron chi connectivity index (χ3n) is 7.47. The van der Waals surface area contributed by atoms with Crippen molar-refractivity contribution in [1.29, 1.82) is 0 Å². The van der Waals surface area contributed by atoms with Gasteiger partial charge in [0.15, 0.2) is 0 Å². The van der Waals surface area contributed by atoms with Crippen LogP contribution in [0.3, 0.4) is 0 Å². The SMILES string of the molecule is CC(CC1CCN(CC2CN(Cc3ccc(Cl)cc3Cl)CC2c2ccsc2)CC1)OCCCO. The second-order valence-corrected chi connectivity index (χ2v) is 11.7. The lowest BCUT2D eigenvalue weighted by Crippen LogP contribution is -2.39. The Morgan fingerprint density at radius 3 is 2.68 bits per heavy atom. The van der Waals surface area contributed by atoms with Crippen LogP contribution in [0, 0.1) is 11.8 Å². The van der Waals surface area contributed by atoms with E-state index in [2.05, 4.69) is 39.6 Å². The molecule has 0 spiro atoms. The number of nitrogens with zero attached hydrogens (tertiary/aromatic N) is 2. The fourth-order valence-electron chi connectivity index (χ4n) is 5.65. The molecule has 0 aliphatic carbocycles. The van der Waals surface area contributed by atoms with E-state index < -0.39 is 0 Å². The van der Waals surface area contributed by atoms with Crippen LogP contribution in [0.5, 0.6) is 0 Å². The molecule has 0 radical (unpaired) electrons. The summed E-state index contributed by atoms with van der Waals surface area (Å²) in [6.07, 6.45) is 4.67. The standard InChI is InChI=1S/C27H38Cl2N2O2S/c1-20(33-11-2-10-32)13-21-5-8-30(9-6-21)16-24-17-31(18-26(24)23-7-12-34-19-23)15-22-3-4-25(28)14-27(22)29/h3-4,7,12,14,19-21,24,26,32H,2,5-6,8-11,13,15-18H2,1H3. The van der Waals surface area contributed by atoms with Gasteiger partial charge in [0.1, 0.15) is 0 Å². The number of halogens is 2. The Morgan fingerprint density at radius 1 is 1.15 bits per heavy atom. The van der Waals surface area contributed by atoms with Gasteiger partial charge in [-0.15, -0.1) is 0 Å². The monoisotopic (exact) mass is 524 g/mol. The van der Waals surface area contributed by atoms with Crippen molar-refractivity contribution in [3.05, 3.63) is 56.2 Å². The van der Waals surface area contributed by atoms with E-state index in [9.17, 15) is 0 Å². The molecule has 0 saturated carbocycles. The molecule has 2 aromatic rings. The van der Waals surface area contributed by atoms with E-state index >= 15 is 0 Å². The van der Waals surface area contributed by atoms with Crippen LogP contribution in [0.1, 0.15) is 49.7 Å². The highest BCUT2D eigenvalue weighted by molar-refractivity contribution is 7.08. The smallest absolute Gasteiger partial charge is 0.0549 e. The summed E-state index contributed by atoms with van der Waals surface area (Å²) in [6, 6.07) is 8.17. The summed E-state index contributed by atoms with van der Waals surface area (Å²) in [5.74, 6) is 1.97. The van der Waals surface area contributed by atoms with Crippen molar-refractivity contribution in [3.63, 3.8) is 0 Å². The van der Waals surface area contributed by atoms with Crippen LogP contribution < -0.4 is 0 Å². The first-order valence-corrected chi connectivity index (χ1v) is 14.3. The van der Waals surface area contributed by atoms with Gasteiger partial charge in [-0.3, -0.25) is 4.90 Å². The van der Waals surface area contributed by atoms with Gasteiger partial charge in [-0.1, -0.05) is 29.3 Å². The third kappa shape index (κ3) is 7.42. The third-order valence-corrected chi connectivity index (χ3v) is 8.76.